The van der Waals surface area contributed by atoms with Crippen LogP contribution in [-0.2, 0) is 0 Å². The Morgan fingerprint density at radius 3 is 2.57 bits per heavy atom. The number of nitrogens with zero attached hydrogens (tertiary/aromatic N) is 5. The molecule has 35 heavy (non-hydrogen) atoms. The molecule has 4 aromatic rings. The number of aromatic nitrogens is 4. The highest BCUT2D eigenvalue weighted by atomic mass is 19.1. The monoisotopic (exact) mass is 470 g/mol. The van der Waals surface area contributed by atoms with Crippen molar-refractivity contribution >= 4 is 34.2 Å². The van der Waals surface area contributed by atoms with Crippen LogP contribution >= 0.6 is 0 Å². The standard InChI is InChI=1S/C26H27FN8/c27-20-11-17(8-9-21(20)34-13-18-6-7-19(14-34)30-18)31-26-29-12-16-10-22(15-4-5-15)35(25(16)33-26)24-3-1-2-23(28)32-24/h1-3,8-12,15,18-19,30H,4-7,13-14H2,(H2,28,32)(H,29,31,33). The molecule has 178 valence electrons. The molecule has 0 amide bonds. The van der Waals surface area contributed by atoms with E-state index in [1.165, 1.54) is 11.8 Å². The second-order valence-corrected chi connectivity index (χ2v) is 9.91. The Morgan fingerprint density at radius 1 is 1.00 bits per heavy atom. The normalized spacial score (nSPS) is 21.6. The second-order valence-electron chi connectivity index (χ2n) is 9.91. The van der Waals surface area contributed by atoms with Crippen LogP contribution in [0.2, 0.25) is 0 Å². The van der Waals surface area contributed by atoms with Crippen molar-refractivity contribution < 1.29 is 4.39 Å². The number of piperazine rings is 1. The lowest BCUT2D eigenvalue weighted by molar-refractivity contribution is 0.460. The van der Waals surface area contributed by atoms with Gasteiger partial charge >= 0.3 is 0 Å². The maximum Gasteiger partial charge on any atom is 0.229 e. The minimum Gasteiger partial charge on any atom is -0.384 e. The summed E-state index contributed by atoms with van der Waals surface area (Å²) in [6.45, 7) is 1.69. The van der Waals surface area contributed by atoms with Gasteiger partial charge in [-0.1, -0.05) is 6.07 Å². The van der Waals surface area contributed by atoms with E-state index in [-0.39, 0.29) is 5.82 Å². The van der Waals surface area contributed by atoms with Crippen LogP contribution in [0.4, 0.5) is 27.5 Å². The number of nitrogen functional groups attached to an aromatic ring is 1. The molecule has 9 heteroatoms. The van der Waals surface area contributed by atoms with Crippen molar-refractivity contribution in [1.82, 2.24) is 24.8 Å². The van der Waals surface area contributed by atoms with E-state index in [0.717, 1.165) is 55.6 Å². The van der Waals surface area contributed by atoms with Crippen LogP contribution in [0.3, 0.4) is 0 Å². The van der Waals surface area contributed by atoms with E-state index in [1.54, 1.807) is 12.3 Å². The Kier molecular flexibility index (Phi) is 4.66. The number of hydrogen-bond donors (Lipinski definition) is 3. The summed E-state index contributed by atoms with van der Waals surface area (Å²) in [6.07, 6.45) is 6.43. The highest BCUT2D eigenvalue weighted by molar-refractivity contribution is 5.80. The van der Waals surface area contributed by atoms with Crippen LogP contribution in [-0.4, -0.2) is 44.7 Å². The van der Waals surface area contributed by atoms with Crippen LogP contribution < -0.4 is 21.3 Å². The summed E-state index contributed by atoms with van der Waals surface area (Å²) in [6, 6.07) is 13.9. The van der Waals surface area contributed by atoms with Crippen molar-refractivity contribution in [3.05, 3.63) is 60.2 Å². The van der Waals surface area contributed by atoms with Crippen LogP contribution in [0.15, 0.2) is 48.7 Å². The average Bonchev–Trinajstić information content (AvgIpc) is 3.55. The lowest BCUT2D eigenvalue weighted by atomic mass is 10.2. The number of nitrogens with one attached hydrogen (secondary N) is 2. The second kappa shape index (κ2) is 7.91. The highest BCUT2D eigenvalue weighted by Crippen LogP contribution is 2.43. The van der Waals surface area contributed by atoms with Crippen molar-refractivity contribution in [2.24, 2.45) is 0 Å². The molecule has 2 atom stereocenters. The van der Waals surface area contributed by atoms with Crippen molar-refractivity contribution in [1.29, 1.82) is 0 Å². The number of pyridine rings is 1. The lowest BCUT2D eigenvalue weighted by Crippen LogP contribution is -2.51. The smallest absolute Gasteiger partial charge is 0.229 e. The van der Waals surface area contributed by atoms with E-state index < -0.39 is 0 Å². The predicted molar refractivity (Wildman–Crippen MR) is 135 cm³/mol. The Hall–Kier alpha value is -3.72. The number of fused-ring (bicyclic) bond motifs is 3. The van der Waals surface area contributed by atoms with Gasteiger partial charge < -0.3 is 21.3 Å². The molecule has 2 saturated heterocycles. The van der Waals surface area contributed by atoms with Crippen molar-refractivity contribution in [3.63, 3.8) is 0 Å². The van der Waals surface area contributed by atoms with Gasteiger partial charge in [0.05, 0.1) is 5.69 Å². The topological polar surface area (TPSA) is 96.9 Å². The van der Waals surface area contributed by atoms with Crippen LogP contribution in [0, 0.1) is 5.82 Å². The highest BCUT2D eigenvalue weighted by Gasteiger charge is 2.33. The molecule has 7 rings (SSSR count). The molecule has 4 N–H and O–H groups in total. The van der Waals surface area contributed by atoms with E-state index in [1.807, 2.05) is 24.3 Å². The lowest BCUT2D eigenvalue weighted by Gasteiger charge is -2.34. The molecular formula is C26H27FN8. The van der Waals surface area contributed by atoms with E-state index in [4.69, 9.17) is 10.7 Å². The van der Waals surface area contributed by atoms with Gasteiger partial charge in [0.2, 0.25) is 5.95 Å². The molecule has 2 bridgehead atoms. The summed E-state index contributed by atoms with van der Waals surface area (Å²) in [7, 11) is 0. The fraction of sp³-hybridized carbons (Fsp3) is 0.346. The first kappa shape index (κ1) is 20.6. The van der Waals surface area contributed by atoms with E-state index in [0.29, 0.717) is 41.1 Å². The maximum absolute atomic E-state index is 15.1. The number of anilines is 4. The van der Waals surface area contributed by atoms with Crippen molar-refractivity contribution in [2.45, 2.75) is 43.7 Å². The zero-order chi connectivity index (χ0) is 23.5. The molecular weight excluding hydrogens is 443 g/mol. The van der Waals surface area contributed by atoms with E-state index in [2.05, 4.69) is 36.1 Å². The summed E-state index contributed by atoms with van der Waals surface area (Å²) in [5, 5.41) is 7.72. The summed E-state index contributed by atoms with van der Waals surface area (Å²) in [4.78, 5) is 16.0. The molecule has 3 aliphatic rings. The van der Waals surface area contributed by atoms with Gasteiger partial charge in [0.25, 0.3) is 0 Å². The summed E-state index contributed by atoms with van der Waals surface area (Å²) in [5.74, 6) is 1.88. The quantitative estimate of drug-likeness (QED) is 0.404. The molecule has 8 nitrogen and oxygen atoms in total. The molecule has 2 unspecified atom stereocenters. The molecule has 3 fully saturated rings. The number of rotatable bonds is 5. The maximum atomic E-state index is 15.1. The molecule has 1 aliphatic carbocycles. The van der Waals surface area contributed by atoms with E-state index >= 15 is 4.39 Å². The first-order chi connectivity index (χ1) is 17.1. The van der Waals surface area contributed by atoms with Gasteiger partial charge in [-0.2, -0.15) is 4.98 Å². The number of hydrogen-bond acceptors (Lipinski definition) is 7. The Labute approximate surface area is 202 Å². The number of nitrogens with two attached hydrogens (primary N) is 1. The van der Waals surface area contributed by atoms with Crippen molar-refractivity contribution in [2.75, 3.05) is 29.0 Å². The molecule has 5 heterocycles. The number of halogens is 1. The van der Waals surface area contributed by atoms with Gasteiger partial charge in [-0.25, -0.2) is 14.4 Å². The summed E-state index contributed by atoms with van der Waals surface area (Å²) >= 11 is 0. The molecule has 2 aliphatic heterocycles. The van der Waals surface area contributed by atoms with Gasteiger partial charge in [-0.05, 0) is 68.0 Å². The van der Waals surface area contributed by atoms with Gasteiger partial charge in [-0.3, -0.25) is 4.57 Å². The Balaban J connectivity index is 1.20. The third-order valence-electron chi connectivity index (χ3n) is 7.31. The summed E-state index contributed by atoms with van der Waals surface area (Å²) < 4.78 is 17.2. The predicted octanol–water partition coefficient (Wildman–Crippen LogP) is 4.10. The fourth-order valence-corrected chi connectivity index (χ4v) is 5.52. The van der Waals surface area contributed by atoms with Crippen LogP contribution in [0.25, 0.3) is 16.9 Å². The first-order valence-corrected chi connectivity index (χ1v) is 12.3. The fourth-order valence-electron chi connectivity index (χ4n) is 5.52. The molecule has 0 radical (unpaired) electrons. The van der Waals surface area contributed by atoms with Gasteiger partial charge in [0.1, 0.15) is 17.5 Å². The first-order valence-electron chi connectivity index (χ1n) is 12.3. The van der Waals surface area contributed by atoms with Crippen molar-refractivity contribution in [3.8, 4) is 5.82 Å². The minimum absolute atomic E-state index is 0.235. The third-order valence-corrected chi connectivity index (χ3v) is 7.31. The minimum atomic E-state index is -0.235. The zero-order valence-electron chi connectivity index (χ0n) is 19.3. The Morgan fingerprint density at radius 2 is 1.83 bits per heavy atom. The van der Waals surface area contributed by atoms with Gasteiger partial charge in [0.15, 0.2) is 5.65 Å². The van der Waals surface area contributed by atoms with Gasteiger partial charge in [-0.15, -0.1) is 0 Å². The van der Waals surface area contributed by atoms with Crippen LogP contribution in [0.5, 0.6) is 0 Å². The zero-order valence-corrected chi connectivity index (χ0v) is 19.3. The summed E-state index contributed by atoms with van der Waals surface area (Å²) in [5.41, 5.74) is 9.17. The number of benzene rings is 1. The van der Waals surface area contributed by atoms with E-state index in [9.17, 15) is 0 Å². The average molecular weight is 471 g/mol. The van der Waals surface area contributed by atoms with Gasteiger partial charge in [0, 0.05) is 48.1 Å². The third kappa shape index (κ3) is 3.76. The molecule has 0 spiro atoms. The molecule has 3 aromatic heterocycles. The largest absolute Gasteiger partial charge is 0.384 e. The Bertz CT molecular complexity index is 1420. The van der Waals surface area contributed by atoms with Crippen LogP contribution in [0.1, 0.15) is 37.3 Å². The molecule has 1 saturated carbocycles. The molecule has 1 aromatic carbocycles. The SMILES string of the molecule is Nc1cccc(-n2c(C3CC3)cc3cnc(Nc4ccc(N5CC6CCC(C5)N6)c(F)c4)nc32)n1.